The van der Waals surface area contributed by atoms with E-state index in [4.69, 9.17) is 24.7 Å². The monoisotopic (exact) mass is 1200 g/mol. The van der Waals surface area contributed by atoms with Crippen molar-refractivity contribution in [1.29, 1.82) is 0 Å². The first-order valence-electron chi connectivity index (χ1n) is 30.1. The Morgan fingerprint density at radius 3 is 1.08 bits per heavy atom. The minimum absolute atomic E-state index is 0.281. The quantitative estimate of drug-likeness (QED) is 0.137. The third kappa shape index (κ3) is 8.66. The van der Waals surface area contributed by atoms with E-state index in [0.29, 0.717) is 0 Å². The fourth-order valence-electron chi connectivity index (χ4n) is 13.8. The van der Waals surface area contributed by atoms with E-state index in [1.54, 1.807) is 0 Å². The molecule has 0 spiro atoms. The van der Waals surface area contributed by atoms with E-state index in [1.165, 1.54) is 105 Å². The van der Waals surface area contributed by atoms with E-state index in [-0.39, 0.29) is 12.1 Å². The molecule has 12 aromatic carbocycles. The van der Waals surface area contributed by atoms with Crippen LogP contribution < -0.4 is 11.5 Å². The number of halogens is 1. The Balaban J connectivity index is 0.000000116. The van der Waals surface area contributed by atoms with E-state index in [9.17, 15) is 0 Å². The van der Waals surface area contributed by atoms with E-state index in [1.807, 2.05) is 54.6 Å². The highest BCUT2D eigenvalue weighted by atomic mass is 79.9. The molecule has 1 aliphatic carbocycles. The van der Waals surface area contributed by atoms with Crippen LogP contribution >= 0.6 is 15.9 Å². The summed E-state index contributed by atoms with van der Waals surface area (Å²) in [5, 5.41) is 16.9. The SMILES string of the molecule is Brc1ccc2oc3ccccc3c2c1.N[C@@H]1CCCC[C@H]1N.c1ccc2c(c1)[nH]c1cc3c(cc12)[nH]c1ccccc13.c1ccc2c(c1)oc1ccc(-n3c4ccccc4c4cc5c(cc43)c3ccccc3n5-c3ccc4oc5ccccc5c4c3)cc12. The molecule has 2 atom stereocenters. The van der Waals surface area contributed by atoms with Crippen LogP contribution in [0.25, 0.3) is 164 Å². The maximum absolute atomic E-state index is 6.18. The van der Waals surface area contributed by atoms with Gasteiger partial charge in [-0.3, -0.25) is 0 Å². The molecule has 10 heteroatoms. The standard InChI is InChI=1S/C42H24N2O2.C18H12N2.C12H7BrO.C6H14N2/c1-5-13-35-27(9-1)31-23-38-32(24-37(31)43(35)25-17-19-41-33(21-25)29-11-3-7-15-39(29)45-41)28-10-2-6-14-36(28)44(38)26-18-20-42-34(22-26)30-12-4-8-16-40(30)46-42;1-3-7-15-11(5-1)13-9-18-14(10-17(13)19-15)12-6-2-4-8-16(12)20-18;13-8-5-6-12-10(7-8)9-3-1-2-4-11(9)14-12;7-5-3-1-2-4-6(5)8/h1-24H;1-10,19-20H;1-7H;5-6H,1-4,7-8H2/t;;;5-,6-/m...1/s1. The van der Waals surface area contributed by atoms with Gasteiger partial charge in [0.05, 0.1) is 22.1 Å². The van der Waals surface area contributed by atoms with Crippen molar-refractivity contribution in [3.05, 3.63) is 253 Å². The smallest absolute Gasteiger partial charge is 0.135 e. The molecule has 1 saturated carbocycles. The van der Waals surface area contributed by atoms with Crippen molar-refractivity contribution in [1.82, 2.24) is 19.1 Å². The van der Waals surface area contributed by atoms with Crippen LogP contribution in [0.4, 0.5) is 0 Å². The molecule has 0 aliphatic heterocycles. The van der Waals surface area contributed by atoms with Gasteiger partial charge in [-0.15, -0.1) is 0 Å². The summed E-state index contributed by atoms with van der Waals surface area (Å²) in [5.74, 6) is 0. The maximum Gasteiger partial charge on any atom is 0.135 e. The molecule has 9 nitrogen and oxygen atoms in total. The average molecular weight is 1210 g/mol. The Hall–Kier alpha value is -10.4. The van der Waals surface area contributed by atoms with Gasteiger partial charge in [-0.05, 0) is 134 Å². The van der Waals surface area contributed by atoms with Crippen LogP contribution in [0, 0.1) is 0 Å². The van der Waals surface area contributed by atoms with E-state index in [2.05, 4.69) is 229 Å². The zero-order chi connectivity index (χ0) is 58.6. The number of nitrogens with two attached hydrogens (primary N) is 2. The predicted molar refractivity (Wildman–Crippen MR) is 371 cm³/mol. The van der Waals surface area contributed by atoms with Crippen molar-refractivity contribution in [2.24, 2.45) is 11.5 Å². The predicted octanol–water partition coefficient (Wildman–Crippen LogP) is 21.2. The molecule has 0 radical (unpaired) electrons. The average Bonchev–Trinajstić information content (AvgIpc) is 1.79. The first-order chi connectivity index (χ1) is 43.3. The van der Waals surface area contributed by atoms with Crippen LogP contribution in [0.1, 0.15) is 25.7 Å². The molecule has 20 rings (SSSR count). The number of benzene rings is 12. The van der Waals surface area contributed by atoms with Gasteiger partial charge >= 0.3 is 0 Å². The second-order valence-electron chi connectivity index (χ2n) is 23.3. The third-order valence-corrected chi connectivity index (χ3v) is 18.5. The molecule has 88 heavy (non-hydrogen) atoms. The minimum Gasteiger partial charge on any atom is -0.456 e. The fourth-order valence-corrected chi connectivity index (χ4v) is 14.1. The Kier molecular flexibility index (Phi) is 12.4. The van der Waals surface area contributed by atoms with Crippen LogP contribution in [0.15, 0.2) is 266 Å². The number of aromatic nitrogens is 4. The fraction of sp³-hybridized carbons (Fsp3) is 0.0769. The summed E-state index contributed by atoms with van der Waals surface area (Å²) in [6.45, 7) is 0. The lowest BCUT2D eigenvalue weighted by molar-refractivity contribution is 0.385. The van der Waals surface area contributed by atoms with Crippen LogP contribution in [0.3, 0.4) is 0 Å². The van der Waals surface area contributed by atoms with Gasteiger partial charge in [0.15, 0.2) is 0 Å². The molecular weight excluding hydrogens is 1150 g/mol. The number of fused-ring (bicyclic) bond motifs is 21. The Bertz CT molecular complexity index is 5620. The van der Waals surface area contributed by atoms with Crippen molar-refractivity contribution in [2.45, 2.75) is 37.8 Å². The summed E-state index contributed by atoms with van der Waals surface area (Å²) < 4.78 is 23.9. The molecule has 7 aromatic heterocycles. The number of rotatable bonds is 2. The molecule has 0 unspecified atom stereocenters. The number of nitrogens with one attached hydrogen (secondary N) is 2. The molecule has 7 heterocycles. The summed E-state index contributed by atoms with van der Waals surface area (Å²) >= 11 is 3.46. The van der Waals surface area contributed by atoms with Crippen LogP contribution in [0.2, 0.25) is 0 Å². The molecule has 0 amide bonds. The largest absolute Gasteiger partial charge is 0.456 e. The van der Waals surface area contributed by atoms with Crippen molar-refractivity contribution in [3.63, 3.8) is 0 Å². The van der Waals surface area contributed by atoms with Gasteiger partial charge < -0.3 is 43.8 Å². The zero-order valence-electron chi connectivity index (χ0n) is 47.8. The van der Waals surface area contributed by atoms with Crippen molar-refractivity contribution in [2.75, 3.05) is 0 Å². The topological polar surface area (TPSA) is 133 Å². The number of furan rings is 3. The second-order valence-corrected chi connectivity index (χ2v) is 24.2. The molecule has 6 N–H and O–H groups in total. The molecule has 1 aliphatic rings. The van der Waals surface area contributed by atoms with Crippen LogP contribution in [-0.4, -0.2) is 31.2 Å². The molecule has 19 aromatic rings. The molecule has 0 saturated heterocycles. The summed E-state index contributed by atoms with van der Waals surface area (Å²) in [5.41, 5.74) is 28.6. The number of nitrogens with zero attached hydrogens (tertiary/aromatic N) is 2. The van der Waals surface area contributed by atoms with Gasteiger partial charge in [0.25, 0.3) is 0 Å². The summed E-state index contributed by atoms with van der Waals surface area (Å²) in [4.78, 5) is 7.02. The number of hydrogen-bond acceptors (Lipinski definition) is 5. The van der Waals surface area contributed by atoms with E-state index in [0.717, 1.165) is 89.1 Å². The third-order valence-electron chi connectivity index (χ3n) is 18.0. The first kappa shape index (κ1) is 52.0. The molecular formula is C78H57BrN6O3. The van der Waals surface area contributed by atoms with Crippen molar-refractivity contribution < 1.29 is 13.3 Å². The van der Waals surface area contributed by atoms with Gasteiger partial charge in [0.1, 0.15) is 33.5 Å². The number of aromatic amines is 2. The second kappa shape index (κ2) is 21.0. The number of H-pyrrole nitrogens is 2. The lowest BCUT2D eigenvalue weighted by atomic mass is 9.92. The van der Waals surface area contributed by atoms with Gasteiger partial charge in [0, 0.05) is 125 Å². The molecule has 0 bridgehead atoms. The summed E-state index contributed by atoms with van der Waals surface area (Å²) in [6.07, 6.45) is 4.80. The van der Waals surface area contributed by atoms with Gasteiger partial charge in [-0.1, -0.05) is 156 Å². The molecule has 424 valence electrons. The van der Waals surface area contributed by atoms with E-state index >= 15 is 0 Å². The zero-order valence-corrected chi connectivity index (χ0v) is 49.4. The number of para-hydroxylation sites is 7. The first-order valence-corrected chi connectivity index (χ1v) is 30.9. The van der Waals surface area contributed by atoms with Crippen LogP contribution in [0.5, 0.6) is 0 Å². The Labute approximate surface area is 512 Å². The Morgan fingerprint density at radius 2 is 0.648 bits per heavy atom. The van der Waals surface area contributed by atoms with Gasteiger partial charge in [-0.2, -0.15) is 0 Å². The van der Waals surface area contributed by atoms with Crippen molar-refractivity contribution in [3.8, 4) is 11.4 Å². The normalized spacial score (nSPS) is 14.6. The van der Waals surface area contributed by atoms with Gasteiger partial charge in [-0.25, -0.2) is 0 Å². The van der Waals surface area contributed by atoms with Crippen molar-refractivity contribution >= 4 is 169 Å². The lowest BCUT2D eigenvalue weighted by Crippen LogP contribution is -2.43. The number of hydrogen-bond donors (Lipinski definition) is 4. The van der Waals surface area contributed by atoms with Crippen LogP contribution in [-0.2, 0) is 0 Å². The highest BCUT2D eigenvalue weighted by Gasteiger charge is 2.21. The summed E-state index contributed by atoms with van der Waals surface area (Å²) in [6, 6.07) is 88.0. The lowest BCUT2D eigenvalue weighted by Gasteiger charge is -2.24. The maximum atomic E-state index is 6.18. The Morgan fingerprint density at radius 1 is 0.295 bits per heavy atom. The summed E-state index contributed by atoms with van der Waals surface area (Å²) in [7, 11) is 0. The van der Waals surface area contributed by atoms with E-state index < -0.39 is 0 Å². The highest BCUT2D eigenvalue weighted by Crippen LogP contribution is 2.42. The minimum atomic E-state index is 0.281. The highest BCUT2D eigenvalue weighted by molar-refractivity contribution is 9.10. The molecule has 1 fully saturated rings. The van der Waals surface area contributed by atoms with Gasteiger partial charge in [0.2, 0.25) is 0 Å².